The lowest BCUT2D eigenvalue weighted by Crippen LogP contribution is -2.11. The van der Waals surface area contributed by atoms with Crippen LogP contribution in [0, 0.1) is 0 Å². The summed E-state index contributed by atoms with van der Waals surface area (Å²) in [6.45, 7) is 0. The predicted octanol–water partition coefficient (Wildman–Crippen LogP) is 18.1. The van der Waals surface area contributed by atoms with E-state index in [1.807, 2.05) is 22.7 Å². The topological polar surface area (TPSA) is 3.24 Å². The Kier molecular flexibility index (Phi) is 9.11. The first kappa shape index (κ1) is 37.9. The standard InChI is InChI=1S/C62H41NS2/c1-2-14-40(15-3-1)41-26-30-47(31-27-41)63(49-34-35-53-46(38-49)37-45-18-6-8-20-51(45)50-19-7-4-16-43(50)36-44-17-5-9-21-52(44)53)48-32-28-42(29-33-48)56-39-57-54-22-10-12-24-58(54)64-62(57)60-55-23-11-13-25-59(55)65-61(56)60/h1-35,38-39H,36-37H2. The van der Waals surface area contributed by atoms with E-state index in [1.54, 1.807) is 0 Å². The number of rotatable bonds is 5. The average Bonchev–Trinajstić information content (AvgIpc) is 3.94. The maximum Gasteiger partial charge on any atom is 0.0464 e. The molecule has 0 fully saturated rings. The Morgan fingerprint density at radius 3 is 1.40 bits per heavy atom. The van der Waals surface area contributed by atoms with Gasteiger partial charge in [0.05, 0.1) is 0 Å². The van der Waals surface area contributed by atoms with E-state index < -0.39 is 0 Å². The second-order valence-corrected chi connectivity index (χ2v) is 19.3. The number of benzene rings is 10. The van der Waals surface area contributed by atoms with Crippen molar-refractivity contribution in [2.45, 2.75) is 12.8 Å². The largest absolute Gasteiger partial charge is 0.310 e. The first-order valence-electron chi connectivity index (χ1n) is 22.4. The van der Waals surface area contributed by atoms with Crippen LogP contribution in [0.5, 0.6) is 0 Å². The number of hydrogen-bond donors (Lipinski definition) is 0. The van der Waals surface area contributed by atoms with E-state index in [0.717, 1.165) is 29.9 Å². The van der Waals surface area contributed by atoms with Gasteiger partial charge in [-0.2, -0.15) is 0 Å². The lowest BCUT2D eigenvalue weighted by Gasteiger charge is -2.28. The fourth-order valence-electron chi connectivity index (χ4n) is 10.3. The molecule has 1 aliphatic carbocycles. The van der Waals surface area contributed by atoms with Gasteiger partial charge in [-0.1, -0.05) is 170 Å². The van der Waals surface area contributed by atoms with E-state index in [-0.39, 0.29) is 0 Å². The van der Waals surface area contributed by atoms with Crippen LogP contribution < -0.4 is 4.90 Å². The van der Waals surface area contributed by atoms with Crippen LogP contribution in [-0.2, 0) is 12.8 Å². The van der Waals surface area contributed by atoms with Crippen molar-refractivity contribution in [3.8, 4) is 44.5 Å². The molecule has 1 aliphatic rings. The molecular weight excluding hydrogens is 823 g/mol. The van der Waals surface area contributed by atoms with Gasteiger partial charge in [-0.25, -0.2) is 0 Å². The summed E-state index contributed by atoms with van der Waals surface area (Å²) in [6.07, 6.45) is 1.68. The Bertz CT molecular complexity index is 3760. The molecule has 10 aromatic carbocycles. The summed E-state index contributed by atoms with van der Waals surface area (Å²) in [5.41, 5.74) is 18.9. The second-order valence-electron chi connectivity index (χ2n) is 17.2. The highest BCUT2D eigenvalue weighted by Gasteiger charge is 2.22. The van der Waals surface area contributed by atoms with Gasteiger partial charge in [0.15, 0.2) is 0 Å². The highest BCUT2D eigenvalue weighted by molar-refractivity contribution is 7.30. The Morgan fingerprint density at radius 1 is 0.292 bits per heavy atom. The normalized spacial score (nSPS) is 12.2. The van der Waals surface area contributed by atoms with Crippen molar-refractivity contribution in [3.63, 3.8) is 0 Å². The number of hydrogen-bond acceptors (Lipinski definition) is 3. The number of anilines is 3. The second kappa shape index (κ2) is 15.6. The molecule has 2 heterocycles. The molecule has 0 bridgehead atoms. The fourth-order valence-corrected chi connectivity index (χ4v) is 12.9. The highest BCUT2D eigenvalue weighted by atomic mass is 32.1. The molecule has 0 N–H and O–H groups in total. The smallest absolute Gasteiger partial charge is 0.0464 e. The molecule has 0 unspecified atom stereocenters. The van der Waals surface area contributed by atoms with E-state index >= 15 is 0 Å². The Morgan fingerprint density at radius 2 is 0.754 bits per heavy atom. The van der Waals surface area contributed by atoms with E-state index in [9.17, 15) is 0 Å². The van der Waals surface area contributed by atoms with Crippen LogP contribution >= 0.6 is 22.7 Å². The minimum Gasteiger partial charge on any atom is -0.310 e. The summed E-state index contributed by atoms with van der Waals surface area (Å²) < 4.78 is 5.39. The molecule has 13 rings (SSSR count). The van der Waals surface area contributed by atoms with Crippen molar-refractivity contribution in [3.05, 3.63) is 247 Å². The van der Waals surface area contributed by atoms with Crippen LogP contribution in [0.3, 0.4) is 0 Å². The van der Waals surface area contributed by atoms with Crippen molar-refractivity contribution in [1.29, 1.82) is 0 Å². The van der Waals surface area contributed by atoms with Crippen molar-refractivity contribution in [1.82, 2.24) is 0 Å². The first-order chi connectivity index (χ1) is 32.2. The molecule has 0 saturated heterocycles. The summed E-state index contributed by atoms with van der Waals surface area (Å²) in [5, 5.41) is 5.38. The van der Waals surface area contributed by atoms with Gasteiger partial charge in [-0.15, -0.1) is 22.7 Å². The van der Waals surface area contributed by atoms with Crippen molar-refractivity contribution in [2.75, 3.05) is 4.90 Å². The summed E-state index contributed by atoms with van der Waals surface area (Å²) in [7, 11) is 0. The molecule has 2 aromatic heterocycles. The lowest BCUT2D eigenvalue weighted by molar-refractivity contribution is 1.14. The van der Waals surface area contributed by atoms with Gasteiger partial charge in [0.25, 0.3) is 0 Å². The molecule has 0 radical (unpaired) electrons. The van der Waals surface area contributed by atoms with Crippen LogP contribution in [0.25, 0.3) is 84.9 Å². The molecule has 3 heteroatoms. The fraction of sp³-hybridized carbons (Fsp3) is 0.0323. The maximum absolute atomic E-state index is 2.45. The molecule has 65 heavy (non-hydrogen) atoms. The van der Waals surface area contributed by atoms with Crippen LogP contribution in [0.1, 0.15) is 22.3 Å². The Labute approximate surface area is 386 Å². The molecule has 0 spiro atoms. The summed E-state index contributed by atoms with van der Waals surface area (Å²) in [6, 6.07) is 83.4. The summed E-state index contributed by atoms with van der Waals surface area (Å²) >= 11 is 3.83. The van der Waals surface area contributed by atoms with Gasteiger partial charge < -0.3 is 4.90 Å². The molecule has 1 nitrogen and oxygen atoms in total. The van der Waals surface area contributed by atoms with Crippen LogP contribution in [0.2, 0.25) is 0 Å². The van der Waals surface area contributed by atoms with E-state index in [0.29, 0.717) is 0 Å². The SMILES string of the molecule is c1ccc(-c2ccc(N(c3ccc(-c4cc5c6ccccc6sc5c5c4sc4ccccc45)cc3)c3ccc4c(c3)Cc3ccccc3-c3ccccc3Cc3ccccc3-4)cc2)cc1. The quantitative estimate of drug-likeness (QED) is 0.167. The van der Waals surface area contributed by atoms with E-state index in [4.69, 9.17) is 0 Å². The van der Waals surface area contributed by atoms with Gasteiger partial charge in [0, 0.05) is 63.0 Å². The minimum absolute atomic E-state index is 0.812. The third kappa shape index (κ3) is 6.50. The number of nitrogens with zero attached hydrogens (tertiary/aromatic N) is 1. The van der Waals surface area contributed by atoms with E-state index in [1.165, 1.54) is 107 Å². The maximum atomic E-state index is 2.45. The Balaban J connectivity index is 0.983. The van der Waals surface area contributed by atoms with E-state index in [2.05, 4.69) is 229 Å². The number of fused-ring (bicyclic) bond motifs is 13. The van der Waals surface area contributed by atoms with Gasteiger partial charge in [0.2, 0.25) is 0 Å². The highest BCUT2D eigenvalue weighted by Crippen LogP contribution is 2.49. The number of thiophene rings is 2. The molecule has 0 saturated carbocycles. The molecule has 12 aromatic rings. The van der Waals surface area contributed by atoms with Crippen molar-refractivity contribution in [2.24, 2.45) is 0 Å². The molecule has 306 valence electrons. The van der Waals surface area contributed by atoms with Gasteiger partial charge in [0.1, 0.15) is 0 Å². The molecule has 0 amide bonds. The summed E-state index contributed by atoms with van der Waals surface area (Å²) in [4.78, 5) is 2.44. The Hall–Kier alpha value is -7.56. The molecule has 0 aliphatic heterocycles. The zero-order valence-electron chi connectivity index (χ0n) is 35.5. The summed E-state index contributed by atoms with van der Waals surface area (Å²) in [5.74, 6) is 0. The zero-order chi connectivity index (χ0) is 42.8. The van der Waals surface area contributed by atoms with Crippen LogP contribution in [0.4, 0.5) is 17.1 Å². The predicted molar refractivity (Wildman–Crippen MR) is 281 cm³/mol. The minimum atomic E-state index is 0.812. The first-order valence-corrected chi connectivity index (χ1v) is 24.0. The van der Waals surface area contributed by atoms with Crippen molar-refractivity contribution >= 4 is 80.1 Å². The average molecular weight is 864 g/mol. The van der Waals surface area contributed by atoms with Gasteiger partial charge in [-0.3, -0.25) is 0 Å². The van der Waals surface area contributed by atoms with Gasteiger partial charge in [-0.05, 0) is 129 Å². The monoisotopic (exact) mass is 863 g/mol. The molecular formula is C62H41NS2. The third-order valence-corrected chi connectivity index (χ3v) is 15.8. The molecule has 0 atom stereocenters. The van der Waals surface area contributed by atoms with Crippen LogP contribution in [0.15, 0.2) is 224 Å². The third-order valence-electron chi connectivity index (χ3n) is 13.4. The lowest BCUT2D eigenvalue weighted by atomic mass is 9.84. The van der Waals surface area contributed by atoms with Crippen LogP contribution in [-0.4, -0.2) is 0 Å². The van der Waals surface area contributed by atoms with Crippen molar-refractivity contribution < 1.29 is 0 Å². The zero-order valence-corrected chi connectivity index (χ0v) is 37.2. The van der Waals surface area contributed by atoms with Gasteiger partial charge >= 0.3 is 0 Å².